The maximum Gasteiger partial charge on any atom is 0.237 e. The molecule has 2 unspecified atom stereocenters. The molecule has 5 heteroatoms. The highest BCUT2D eigenvalue weighted by atomic mass is 16.5. The lowest BCUT2D eigenvalue weighted by atomic mass is 9.94. The Morgan fingerprint density at radius 3 is 2.94 bits per heavy atom. The van der Waals surface area contributed by atoms with Crippen LogP contribution in [0.15, 0.2) is 0 Å². The van der Waals surface area contributed by atoms with E-state index in [1.807, 2.05) is 0 Å². The van der Waals surface area contributed by atoms with Crippen molar-refractivity contribution in [2.24, 2.45) is 5.92 Å². The molecule has 2 heterocycles. The average Bonchev–Trinajstić information content (AvgIpc) is 2.40. The number of carbonyl (C=O) groups excluding carboxylic acids is 1. The zero-order valence-electron chi connectivity index (χ0n) is 11.3. The zero-order valence-corrected chi connectivity index (χ0v) is 11.3. The van der Waals surface area contributed by atoms with E-state index >= 15 is 0 Å². The van der Waals surface area contributed by atoms with Crippen LogP contribution in [0.25, 0.3) is 0 Å². The summed E-state index contributed by atoms with van der Waals surface area (Å²) in [4.78, 5) is 14.3. The summed E-state index contributed by atoms with van der Waals surface area (Å²) in [7, 11) is 0. The van der Waals surface area contributed by atoms with Gasteiger partial charge in [0.15, 0.2) is 0 Å². The molecule has 0 bridgehead atoms. The second-order valence-electron chi connectivity index (χ2n) is 5.38. The zero-order chi connectivity index (χ0) is 12.8. The number of hydrogen-bond donors (Lipinski definition) is 2. The normalized spacial score (nSPS) is 30.1. The van der Waals surface area contributed by atoms with Crippen molar-refractivity contribution < 1.29 is 9.53 Å². The summed E-state index contributed by atoms with van der Waals surface area (Å²) < 4.78 is 5.30. The van der Waals surface area contributed by atoms with E-state index in [0.717, 1.165) is 52.4 Å². The molecule has 0 aromatic carbocycles. The van der Waals surface area contributed by atoms with Gasteiger partial charge in [-0.15, -0.1) is 0 Å². The molecule has 2 N–H and O–H groups in total. The Kier molecular flexibility index (Phi) is 5.41. The van der Waals surface area contributed by atoms with Crippen LogP contribution in [0, 0.1) is 5.92 Å². The van der Waals surface area contributed by atoms with Crippen LogP contribution >= 0.6 is 0 Å². The molecule has 2 fully saturated rings. The lowest BCUT2D eigenvalue weighted by molar-refractivity contribution is -0.124. The molecule has 5 nitrogen and oxygen atoms in total. The molecule has 2 saturated heterocycles. The van der Waals surface area contributed by atoms with Crippen LogP contribution in [0.3, 0.4) is 0 Å². The van der Waals surface area contributed by atoms with Crippen LogP contribution < -0.4 is 10.6 Å². The summed E-state index contributed by atoms with van der Waals surface area (Å²) in [5.74, 6) is 0.816. The van der Waals surface area contributed by atoms with Gasteiger partial charge in [0.25, 0.3) is 0 Å². The Morgan fingerprint density at radius 2 is 2.22 bits per heavy atom. The first-order valence-electron chi connectivity index (χ1n) is 7.07. The third-order valence-electron chi connectivity index (χ3n) is 3.81. The molecule has 104 valence electrons. The van der Waals surface area contributed by atoms with Crippen LogP contribution in [0.2, 0.25) is 0 Å². The van der Waals surface area contributed by atoms with Gasteiger partial charge in [-0.3, -0.25) is 9.69 Å². The summed E-state index contributed by atoms with van der Waals surface area (Å²) in [6.45, 7) is 8.44. The van der Waals surface area contributed by atoms with Crippen molar-refractivity contribution >= 4 is 5.91 Å². The van der Waals surface area contributed by atoms with Gasteiger partial charge in [0, 0.05) is 26.2 Å². The molecular weight excluding hydrogens is 230 g/mol. The van der Waals surface area contributed by atoms with E-state index in [2.05, 4.69) is 22.5 Å². The Labute approximate surface area is 109 Å². The van der Waals surface area contributed by atoms with E-state index in [0.29, 0.717) is 5.92 Å². The molecule has 0 saturated carbocycles. The predicted molar refractivity (Wildman–Crippen MR) is 70.5 cm³/mol. The average molecular weight is 255 g/mol. The third-order valence-corrected chi connectivity index (χ3v) is 3.81. The lowest BCUT2D eigenvalue weighted by Crippen LogP contribution is -2.50. The molecule has 0 aliphatic carbocycles. The van der Waals surface area contributed by atoms with Crippen LogP contribution in [-0.4, -0.2) is 62.8 Å². The second kappa shape index (κ2) is 7.07. The minimum absolute atomic E-state index is 0.0124. The molecule has 1 amide bonds. The van der Waals surface area contributed by atoms with E-state index in [9.17, 15) is 4.79 Å². The summed E-state index contributed by atoms with van der Waals surface area (Å²) in [5, 5.41) is 6.33. The number of morpholine rings is 1. The Morgan fingerprint density at radius 1 is 1.44 bits per heavy atom. The summed E-state index contributed by atoms with van der Waals surface area (Å²) in [6.07, 6.45) is 2.14. The highest BCUT2D eigenvalue weighted by molar-refractivity contribution is 5.81. The molecular formula is C13H25N3O2. The fourth-order valence-corrected chi connectivity index (χ4v) is 2.59. The van der Waals surface area contributed by atoms with Gasteiger partial charge in [-0.2, -0.15) is 0 Å². The van der Waals surface area contributed by atoms with Crippen LogP contribution in [0.4, 0.5) is 0 Å². The number of nitrogens with zero attached hydrogens (tertiary/aromatic N) is 1. The molecule has 0 aromatic heterocycles. The SMILES string of the molecule is CC1CCNC(C(=O)NCCN2CCOCC2)C1. The molecule has 0 spiro atoms. The summed E-state index contributed by atoms with van der Waals surface area (Å²) in [5.41, 5.74) is 0. The van der Waals surface area contributed by atoms with Gasteiger partial charge in [-0.05, 0) is 25.3 Å². The third kappa shape index (κ3) is 4.23. The molecule has 2 atom stereocenters. The largest absolute Gasteiger partial charge is 0.379 e. The van der Waals surface area contributed by atoms with Crippen molar-refractivity contribution in [1.29, 1.82) is 0 Å². The first kappa shape index (κ1) is 13.8. The van der Waals surface area contributed by atoms with Gasteiger partial charge < -0.3 is 15.4 Å². The Bertz CT molecular complexity index is 267. The standard InChI is InChI=1S/C13H25N3O2/c1-11-2-3-14-12(10-11)13(17)15-4-5-16-6-8-18-9-7-16/h11-12,14H,2-10H2,1H3,(H,15,17). The van der Waals surface area contributed by atoms with Crippen LogP contribution in [0.1, 0.15) is 19.8 Å². The quantitative estimate of drug-likeness (QED) is 0.732. The molecule has 0 aromatic rings. The molecule has 18 heavy (non-hydrogen) atoms. The smallest absolute Gasteiger partial charge is 0.237 e. The van der Waals surface area contributed by atoms with Crippen molar-refractivity contribution in [2.75, 3.05) is 45.9 Å². The van der Waals surface area contributed by atoms with Crippen molar-refractivity contribution in [2.45, 2.75) is 25.8 Å². The minimum atomic E-state index is 0.0124. The van der Waals surface area contributed by atoms with Gasteiger partial charge in [-0.1, -0.05) is 6.92 Å². The van der Waals surface area contributed by atoms with Crippen LogP contribution in [0.5, 0.6) is 0 Å². The van der Waals surface area contributed by atoms with Crippen LogP contribution in [-0.2, 0) is 9.53 Å². The Hall–Kier alpha value is -0.650. The van der Waals surface area contributed by atoms with Crippen molar-refractivity contribution in [1.82, 2.24) is 15.5 Å². The lowest BCUT2D eigenvalue weighted by Gasteiger charge is -2.29. The minimum Gasteiger partial charge on any atom is -0.379 e. The number of carbonyl (C=O) groups is 1. The number of hydrogen-bond acceptors (Lipinski definition) is 4. The maximum absolute atomic E-state index is 12.0. The van der Waals surface area contributed by atoms with E-state index in [4.69, 9.17) is 4.74 Å². The van der Waals surface area contributed by atoms with E-state index in [1.165, 1.54) is 6.42 Å². The number of piperidine rings is 1. The van der Waals surface area contributed by atoms with Gasteiger partial charge in [0.1, 0.15) is 0 Å². The first-order valence-corrected chi connectivity index (χ1v) is 7.07. The van der Waals surface area contributed by atoms with Crippen molar-refractivity contribution in [3.63, 3.8) is 0 Å². The molecule has 0 radical (unpaired) electrons. The van der Waals surface area contributed by atoms with Gasteiger partial charge in [0.05, 0.1) is 19.3 Å². The topological polar surface area (TPSA) is 53.6 Å². The van der Waals surface area contributed by atoms with Gasteiger partial charge in [-0.25, -0.2) is 0 Å². The second-order valence-corrected chi connectivity index (χ2v) is 5.38. The van der Waals surface area contributed by atoms with E-state index < -0.39 is 0 Å². The highest BCUT2D eigenvalue weighted by Gasteiger charge is 2.24. The van der Waals surface area contributed by atoms with E-state index in [-0.39, 0.29) is 11.9 Å². The maximum atomic E-state index is 12.0. The number of amides is 1. The van der Waals surface area contributed by atoms with Gasteiger partial charge >= 0.3 is 0 Å². The van der Waals surface area contributed by atoms with Crippen molar-refractivity contribution in [3.8, 4) is 0 Å². The molecule has 2 aliphatic heterocycles. The number of rotatable bonds is 4. The monoisotopic (exact) mass is 255 g/mol. The summed E-state index contributed by atoms with van der Waals surface area (Å²) >= 11 is 0. The number of ether oxygens (including phenoxy) is 1. The summed E-state index contributed by atoms with van der Waals surface area (Å²) in [6, 6.07) is 0.0124. The van der Waals surface area contributed by atoms with Gasteiger partial charge in [0.2, 0.25) is 5.91 Å². The fourth-order valence-electron chi connectivity index (χ4n) is 2.59. The number of nitrogens with one attached hydrogen (secondary N) is 2. The fraction of sp³-hybridized carbons (Fsp3) is 0.923. The van der Waals surface area contributed by atoms with Crippen molar-refractivity contribution in [3.05, 3.63) is 0 Å². The first-order chi connectivity index (χ1) is 8.75. The molecule has 2 rings (SSSR count). The highest BCUT2D eigenvalue weighted by Crippen LogP contribution is 2.14. The predicted octanol–water partition coefficient (Wildman–Crippen LogP) is -0.177. The van der Waals surface area contributed by atoms with E-state index in [1.54, 1.807) is 0 Å². The molecule has 2 aliphatic rings. The Balaban J connectivity index is 1.61.